The summed E-state index contributed by atoms with van der Waals surface area (Å²) in [4.78, 5) is 22.9. The quantitative estimate of drug-likeness (QED) is 0.698. The van der Waals surface area contributed by atoms with Crippen molar-refractivity contribution in [2.75, 3.05) is 13.1 Å². The first kappa shape index (κ1) is 16.4. The molecule has 4 rings (SSSR count). The molecule has 1 unspecified atom stereocenters. The average molecular weight is 352 g/mol. The molecule has 26 heavy (non-hydrogen) atoms. The number of hydrogen-bond acceptors (Lipinski definition) is 6. The molecule has 0 bridgehead atoms. The topological polar surface area (TPSA) is 89.9 Å². The molecular formula is C18H20N6O2. The van der Waals surface area contributed by atoms with Crippen LogP contribution >= 0.6 is 0 Å². The summed E-state index contributed by atoms with van der Waals surface area (Å²) in [5.41, 5.74) is 1.36. The summed E-state index contributed by atoms with van der Waals surface area (Å²) in [5.74, 6) is 1.49. The molecule has 8 heteroatoms. The van der Waals surface area contributed by atoms with Crippen LogP contribution in [0, 0.1) is 5.92 Å². The van der Waals surface area contributed by atoms with Crippen LogP contribution in [0.5, 0.6) is 0 Å². The van der Waals surface area contributed by atoms with Gasteiger partial charge in [-0.05, 0) is 37.5 Å². The van der Waals surface area contributed by atoms with Crippen LogP contribution < -0.4 is 0 Å². The summed E-state index contributed by atoms with van der Waals surface area (Å²) in [6.07, 6.45) is 6.85. The van der Waals surface area contributed by atoms with E-state index in [9.17, 15) is 4.79 Å². The van der Waals surface area contributed by atoms with Gasteiger partial charge in [0.1, 0.15) is 5.69 Å². The number of amides is 1. The van der Waals surface area contributed by atoms with Gasteiger partial charge in [0.05, 0.1) is 0 Å². The van der Waals surface area contributed by atoms with Crippen molar-refractivity contribution < 1.29 is 9.32 Å². The summed E-state index contributed by atoms with van der Waals surface area (Å²) in [5, 5.41) is 8.37. The molecule has 0 aliphatic carbocycles. The van der Waals surface area contributed by atoms with Gasteiger partial charge in [0.25, 0.3) is 11.8 Å². The summed E-state index contributed by atoms with van der Waals surface area (Å²) in [6.45, 7) is 4.18. The number of nitrogens with zero attached hydrogens (tertiary/aromatic N) is 6. The van der Waals surface area contributed by atoms with E-state index in [0.717, 1.165) is 25.1 Å². The fraction of sp³-hybridized carbons (Fsp3) is 0.389. The zero-order valence-electron chi connectivity index (χ0n) is 14.6. The minimum Gasteiger partial charge on any atom is -0.337 e. The maximum atomic E-state index is 12.6. The van der Waals surface area contributed by atoms with E-state index in [1.165, 1.54) is 0 Å². The molecule has 3 aromatic rings. The molecule has 0 radical (unpaired) electrons. The highest BCUT2D eigenvalue weighted by Gasteiger charge is 2.29. The lowest BCUT2D eigenvalue weighted by Crippen LogP contribution is -2.29. The number of aryl methyl sites for hydroxylation is 1. The number of likely N-dealkylation sites (tertiary alicyclic amines) is 1. The second-order valence-corrected chi connectivity index (χ2v) is 6.42. The molecule has 0 saturated carbocycles. The van der Waals surface area contributed by atoms with Gasteiger partial charge < -0.3 is 9.42 Å². The second-order valence-electron chi connectivity index (χ2n) is 6.42. The smallest absolute Gasteiger partial charge is 0.274 e. The SMILES string of the molecule is CCn1ccc(C(=O)N2CCC(Cc3noc(-c4ccncc4)n3)C2)n1. The molecule has 8 nitrogen and oxygen atoms in total. The first-order valence-corrected chi connectivity index (χ1v) is 8.78. The largest absolute Gasteiger partial charge is 0.337 e. The predicted molar refractivity (Wildman–Crippen MR) is 93.1 cm³/mol. The Bertz CT molecular complexity index is 888. The summed E-state index contributed by atoms with van der Waals surface area (Å²) >= 11 is 0. The van der Waals surface area contributed by atoms with Gasteiger partial charge in [-0.15, -0.1) is 0 Å². The van der Waals surface area contributed by atoms with E-state index in [-0.39, 0.29) is 5.91 Å². The molecule has 134 valence electrons. The van der Waals surface area contributed by atoms with Crippen LogP contribution in [0.1, 0.15) is 29.7 Å². The van der Waals surface area contributed by atoms with Gasteiger partial charge in [0, 0.05) is 50.2 Å². The van der Waals surface area contributed by atoms with E-state index in [0.29, 0.717) is 36.3 Å². The number of carbonyl (C=O) groups excluding carboxylic acids is 1. The molecule has 0 spiro atoms. The molecule has 1 atom stereocenters. The third kappa shape index (κ3) is 3.35. The van der Waals surface area contributed by atoms with Crippen molar-refractivity contribution in [3.63, 3.8) is 0 Å². The van der Waals surface area contributed by atoms with Crippen LogP contribution in [-0.4, -0.2) is 48.8 Å². The molecule has 4 heterocycles. The highest BCUT2D eigenvalue weighted by molar-refractivity contribution is 5.92. The molecule has 0 aromatic carbocycles. The Kier molecular flexibility index (Phi) is 4.47. The van der Waals surface area contributed by atoms with E-state index in [2.05, 4.69) is 20.2 Å². The van der Waals surface area contributed by atoms with E-state index in [1.807, 2.05) is 30.2 Å². The maximum Gasteiger partial charge on any atom is 0.274 e. The molecule has 1 fully saturated rings. The van der Waals surface area contributed by atoms with E-state index in [4.69, 9.17) is 4.52 Å². The molecule has 3 aromatic heterocycles. The molecule has 1 saturated heterocycles. The Morgan fingerprint density at radius 2 is 2.15 bits per heavy atom. The van der Waals surface area contributed by atoms with Crippen LogP contribution in [0.4, 0.5) is 0 Å². The van der Waals surface area contributed by atoms with E-state index >= 15 is 0 Å². The third-order valence-electron chi connectivity index (χ3n) is 4.62. The van der Waals surface area contributed by atoms with Gasteiger partial charge in [-0.2, -0.15) is 10.1 Å². The van der Waals surface area contributed by atoms with Crippen molar-refractivity contribution in [1.29, 1.82) is 0 Å². The van der Waals surface area contributed by atoms with Crippen molar-refractivity contribution >= 4 is 5.91 Å². The number of pyridine rings is 1. The number of aromatic nitrogens is 5. The second kappa shape index (κ2) is 7.07. The van der Waals surface area contributed by atoms with E-state index in [1.54, 1.807) is 23.1 Å². The number of hydrogen-bond donors (Lipinski definition) is 0. The molecule has 1 amide bonds. The van der Waals surface area contributed by atoms with Gasteiger partial charge in [-0.1, -0.05) is 5.16 Å². The molecule has 1 aliphatic rings. The van der Waals surface area contributed by atoms with Gasteiger partial charge in [0.15, 0.2) is 5.82 Å². The minimum atomic E-state index is -0.00899. The van der Waals surface area contributed by atoms with Gasteiger partial charge in [-0.25, -0.2) is 0 Å². The fourth-order valence-electron chi connectivity index (χ4n) is 3.20. The Hall–Kier alpha value is -3.03. The van der Waals surface area contributed by atoms with E-state index < -0.39 is 0 Å². The highest BCUT2D eigenvalue weighted by atomic mass is 16.5. The monoisotopic (exact) mass is 352 g/mol. The Balaban J connectivity index is 1.37. The number of carbonyl (C=O) groups is 1. The fourth-order valence-corrected chi connectivity index (χ4v) is 3.20. The summed E-state index contributed by atoms with van der Waals surface area (Å²) in [6, 6.07) is 5.45. The number of rotatable bonds is 5. The third-order valence-corrected chi connectivity index (χ3v) is 4.62. The van der Waals surface area contributed by atoms with Gasteiger partial charge in [0.2, 0.25) is 0 Å². The normalized spacial score (nSPS) is 17.0. The lowest BCUT2D eigenvalue weighted by Gasteiger charge is -2.14. The Morgan fingerprint density at radius 1 is 1.31 bits per heavy atom. The molecule has 1 aliphatic heterocycles. The van der Waals surface area contributed by atoms with Crippen LogP contribution in [0.2, 0.25) is 0 Å². The zero-order valence-corrected chi connectivity index (χ0v) is 14.6. The Labute approximate surface area is 150 Å². The van der Waals surface area contributed by atoms with Crippen LogP contribution in [0.15, 0.2) is 41.3 Å². The first-order valence-electron chi connectivity index (χ1n) is 8.78. The minimum absolute atomic E-state index is 0.00899. The van der Waals surface area contributed by atoms with Crippen molar-refractivity contribution in [1.82, 2.24) is 29.8 Å². The molecule has 0 N–H and O–H groups in total. The maximum absolute atomic E-state index is 12.6. The summed E-state index contributed by atoms with van der Waals surface area (Å²) < 4.78 is 7.10. The lowest BCUT2D eigenvalue weighted by molar-refractivity contribution is 0.0780. The van der Waals surface area contributed by atoms with Crippen molar-refractivity contribution in [3.05, 3.63) is 48.3 Å². The van der Waals surface area contributed by atoms with Crippen molar-refractivity contribution in [3.8, 4) is 11.5 Å². The van der Waals surface area contributed by atoms with Crippen molar-refractivity contribution in [2.45, 2.75) is 26.3 Å². The zero-order chi connectivity index (χ0) is 17.9. The van der Waals surface area contributed by atoms with Gasteiger partial charge in [-0.3, -0.25) is 14.5 Å². The lowest BCUT2D eigenvalue weighted by atomic mass is 10.1. The van der Waals surface area contributed by atoms with Gasteiger partial charge >= 0.3 is 0 Å². The Morgan fingerprint density at radius 3 is 2.92 bits per heavy atom. The van der Waals surface area contributed by atoms with Crippen LogP contribution in [-0.2, 0) is 13.0 Å². The van der Waals surface area contributed by atoms with Crippen LogP contribution in [0.3, 0.4) is 0 Å². The highest BCUT2D eigenvalue weighted by Crippen LogP contribution is 2.23. The van der Waals surface area contributed by atoms with Crippen LogP contribution in [0.25, 0.3) is 11.5 Å². The first-order chi connectivity index (χ1) is 12.7. The summed E-state index contributed by atoms with van der Waals surface area (Å²) in [7, 11) is 0. The average Bonchev–Trinajstić information content (AvgIpc) is 3.43. The molecular weight excluding hydrogens is 332 g/mol. The van der Waals surface area contributed by atoms with Crippen molar-refractivity contribution in [2.24, 2.45) is 5.92 Å². The predicted octanol–water partition coefficient (Wildman–Crippen LogP) is 2.05. The standard InChI is InChI=1S/C18H20N6O2/c1-2-24-10-6-15(21-24)18(25)23-9-5-13(12-23)11-16-20-17(26-22-16)14-3-7-19-8-4-14/h3-4,6-8,10,13H,2,5,9,11-12H2,1H3.